The third-order valence-corrected chi connectivity index (χ3v) is 2.30. The van der Waals surface area contributed by atoms with E-state index in [1.165, 1.54) is 24.8 Å². The monoisotopic (exact) mass is 292 g/mol. The fourth-order valence-electron chi connectivity index (χ4n) is 1.03. The van der Waals surface area contributed by atoms with Gasteiger partial charge >= 0.3 is 0 Å². The van der Waals surface area contributed by atoms with Crippen LogP contribution in [0.3, 0.4) is 0 Å². The lowest BCUT2D eigenvalue weighted by Crippen LogP contribution is -1.81. The lowest BCUT2D eigenvalue weighted by atomic mass is 10.1. The van der Waals surface area contributed by atoms with E-state index in [1.54, 1.807) is 0 Å². The molecule has 0 aromatic heterocycles. The van der Waals surface area contributed by atoms with Crippen LogP contribution in [0.5, 0.6) is 0 Å². The van der Waals surface area contributed by atoms with Crippen molar-refractivity contribution in [2.45, 2.75) is 33.1 Å². The fourth-order valence-corrected chi connectivity index (χ4v) is 1.03. The van der Waals surface area contributed by atoms with Gasteiger partial charge in [0.05, 0.1) is 0 Å². The number of aryl methyl sites for hydroxylation is 1. The molecule has 18 heavy (non-hydrogen) atoms. The number of halogens is 2. The second-order valence-corrected chi connectivity index (χ2v) is 4.24. The van der Waals surface area contributed by atoms with Gasteiger partial charge in [-0.25, -0.2) is 0 Å². The zero-order valence-corrected chi connectivity index (χ0v) is 12.5. The number of hydrogen-bond donors (Lipinski definition) is 1. The molecule has 104 valence electrons. The van der Waals surface area contributed by atoms with Gasteiger partial charge < -0.3 is 5.11 Å². The molecule has 0 heterocycles. The predicted octanol–water partition coefficient (Wildman–Crippen LogP) is 4.58. The Hall–Kier alpha value is -0.730. The molecule has 0 aliphatic heterocycles. The van der Waals surface area contributed by atoms with Crippen molar-refractivity contribution in [2.75, 3.05) is 11.8 Å². The molecule has 2 nitrogen and oxygen atoms in total. The molecule has 0 spiro atoms. The Morgan fingerprint density at radius 2 is 1.61 bits per heavy atom. The van der Waals surface area contributed by atoms with Crippen molar-refractivity contribution in [2.24, 2.45) is 0 Å². The van der Waals surface area contributed by atoms with Gasteiger partial charge in [0.25, 0.3) is 5.97 Å². The van der Waals surface area contributed by atoms with Crippen molar-refractivity contribution >= 4 is 29.2 Å². The van der Waals surface area contributed by atoms with Crippen LogP contribution in [0.15, 0.2) is 30.3 Å². The van der Waals surface area contributed by atoms with Gasteiger partial charge in [0.1, 0.15) is 0 Å². The van der Waals surface area contributed by atoms with E-state index >= 15 is 0 Å². The molecule has 0 aliphatic carbocycles. The molecule has 0 aliphatic rings. The third kappa shape index (κ3) is 20.7. The number of hydrogen-bond acceptors (Lipinski definition) is 1. The molecule has 1 rings (SSSR count). The number of rotatable bonds is 4. The van der Waals surface area contributed by atoms with Crippen LogP contribution in [0.25, 0.3) is 0 Å². The van der Waals surface area contributed by atoms with Gasteiger partial charge in [-0.05, 0) is 18.4 Å². The van der Waals surface area contributed by atoms with E-state index in [0.717, 1.165) is 6.92 Å². The quantitative estimate of drug-likeness (QED) is 0.825. The fraction of sp³-hybridized carbons (Fsp3) is 0.500. The molecule has 1 aromatic carbocycles. The molecule has 4 heteroatoms. The van der Waals surface area contributed by atoms with E-state index in [0.29, 0.717) is 11.8 Å². The molecule has 0 radical (unpaired) electrons. The average Bonchev–Trinajstić information content (AvgIpc) is 2.37. The highest BCUT2D eigenvalue weighted by Gasteiger charge is 1.87. The Morgan fingerprint density at radius 3 is 1.94 bits per heavy atom. The zero-order valence-electron chi connectivity index (χ0n) is 11.0. The van der Waals surface area contributed by atoms with Gasteiger partial charge in [-0.1, -0.05) is 43.7 Å². The Morgan fingerprint density at radius 1 is 1.17 bits per heavy atom. The van der Waals surface area contributed by atoms with Crippen molar-refractivity contribution < 1.29 is 9.90 Å². The number of benzene rings is 1. The van der Waals surface area contributed by atoms with E-state index in [9.17, 15) is 0 Å². The van der Waals surface area contributed by atoms with Crippen molar-refractivity contribution in [3.63, 3.8) is 0 Å². The predicted molar refractivity (Wildman–Crippen MR) is 79.8 cm³/mol. The standard InChI is InChI=1S/C10H14.C2H4Cl2.C2H4O2/c1-2-3-7-10-8-5-4-6-9-10;3-1-2-4;1-2(3)4/h4-6,8-9H,2-3,7H2,1H3;1-2H2;1H3,(H,3,4). The summed E-state index contributed by atoms with van der Waals surface area (Å²) in [6, 6.07) is 10.6. The van der Waals surface area contributed by atoms with Crippen molar-refractivity contribution in [1.82, 2.24) is 0 Å². The summed E-state index contributed by atoms with van der Waals surface area (Å²) in [5, 5.41) is 7.42. The Balaban J connectivity index is 0. The Kier molecular flexibility index (Phi) is 17.7. The van der Waals surface area contributed by atoms with E-state index < -0.39 is 5.97 Å². The van der Waals surface area contributed by atoms with Crippen LogP contribution in [0, 0.1) is 0 Å². The van der Waals surface area contributed by atoms with Crippen molar-refractivity contribution in [3.05, 3.63) is 35.9 Å². The number of carboxylic acid groups (broad SMARTS) is 1. The summed E-state index contributed by atoms with van der Waals surface area (Å²) in [7, 11) is 0. The molecule has 0 amide bonds. The molecular weight excluding hydrogens is 271 g/mol. The number of carboxylic acids is 1. The first-order valence-electron chi connectivity index (χ1n) is 5.93. The SMILES string of the molecule is CC(=O)O.CCCCc1ccccc1.ClCCCl. The van der Waals surface area contributed by atoms with Crippen LogP contribution < -0.4 is 0 Å². The third-order valence-electron chi connectivity index (χ3n) is 1.73. The van der Waals surface area contributed by atoms with Crippen LogP contribution in [0.4, 0.5) is 0 Å². The van der Waals surface area contributed by atoms with E-state index in [1.807, 2.05) is 0 Å². The normalized spacial score (nSPS) is 8.44. The number of unbranched alkanes of at least 4 members (excludes halogenated alkanes) is 1. The topological polar surface area (TPSA) is 37.3 Å². The van der Waals surface area contributed by atoms with Gasteiger partial charge in [-0.3, -0.25) is 4.79 Å². The second kappa shape index (κ2) is 16.3. The van der Waals surface area contributed by atoms with Gasteiger partial charge in [0, 0.05) is 18.7 Å². The van der Waals surface area contributed by atoms with E-state index in [-0.39, 0.29) is 0 Å². The van der Waals surface area contributed by atoms with Crippen LogP contribution in [-0.4, -0.2) is 22.8 Å². The summed E-state index contributed by atoms with van der Waals surface area (Å²) in [6.45, 7) is 3.31. The average molecular weight is 293 g/mol. The summed E-state index contributed by atoms with van der Waals surface area (Å²) >= 11 is 10.1. The maximum absolute atomic E-state index is 9.00. The first-order valence-corrected chi connectivity index (χ1v) is 7.00. The summed E-state index contributed by atoms with van der Waals surface area (Å²) in [4.78, 5) is 9.00. The summed E-state index contributed by atoms with van der Waals surface area (Å²) in [6.07, 6.45) is 3.83. The van der Waals surface area contributed by atoms with Gasteiger partial charge in [0.15, 0.2) is 0 Å². The largest absolute Gasteiger partial charge is 0.481 e. The van der Waals surface area contributed by atoms with Crippen LogP contribution in [0.1, 0.15) is 32.3 Å². The van der Waals surface area contributed by atoms with Gasteiger partial charge in [-0.15, -0.1) is 23.2 Å². The minimum absolute atomic E-state index is 0.557. The molecule has 0 saturated carbocycles. The van der Waals surface area contributed by atoms with Gasteiger partial charge in [-0.2, -0.15) is 0 Å². The number of carbonyl (C=O) groups is 1. The lowest BCUT2D eigenvalue weighted by molar-refractivity contribution is -0.134. The molecule has 0 atom stereocenters. The first-order chi connectivity index (χ1) is 8.58. The van der Waals surface area contributed by atoms with Crippen molar-refractivity contribution in [1.29, 1.82) is 0 Å². The number of aliphatic carboxylic acids is 1. The smallest absolute Gasteiger partial charge is 0.300 e. The van der Waals surface area contributed by atoms with E-state index in [2.05, 4.69) is 37.3 Å². The zero-order chi connectivity index (χ0) is 14.2. The second-order valence-electron chi connectivity index (χ2n) is 3.49. The van der Waals surface area contributed by atoms with Crippen LogP contribution in [0.2, 0.25) is 0 Å². The maximum Gasteiger partial charge on any atom is 0.300 e. The Labute approximate surface area is 120 Å². The maximum atomic E-state index is 9.00. The lowest BCUT2D eigenvalue weighted by Gasteiger charge is -1.96. The molecule has 0 unspecified atom stereocenters. The number of alkyl halides is 2. The highest BCUT2D eigenvalue weighted by Crippen LogP contribution is 2.03. The summed E-state index contributed by atoms with van der Waals surface area (Å²) in [5.41, 5.74) is 1.46. The molecule has 0 bridgehead atoms. The summed E-state index contributed by atoms with van der Waals surface area (Å²) < 4.78 is 0. The minimum atomic E-state index is -0.833. The van der Waals surface area contributed by atoms with E-state index in [4.69, 9.17) is 33.1 Å². The van der Waals surface area contributed by atoms with Crippen LogP contribution in [-0.2, 0) is 11.2 Å². The van der Waals surface area contributed by atoms with Crippen molar-refractivity contribution in [3.8, 4) is 0 Å². The molecule has 1 aromatic rings. The molecular formula is C14H22Cl2O2. The highest BCUT2D eigenvalue weighted by molar-refractivity contribution is 6.25. The first kappa shape index (κ1) is 19.6. The summed E-state index contributed by atoms with van der Waals surface area (Å²) in [5.74, 6) is 0.281. The van der Waals surface area contributed by atoms with Gasteiger partial charge in [0.2, 0.25) is 0 Å². The molecule has 0 saturated heterocycles. The minimum Gasteiger partial charge on any atom is -0.481 e. The molecule has 0 fully saturated rings. The highest BCUT2D eigenvalue weighted by atomic mass is 35.5. The molecule has 1 N–H and O–H groups in total. The van der Waals surface area contributed by atoms with Crippen LogP contribution >= 0.6 is 23.2 Å². The Bertz CT molecular complexity index is 270.